The van der Waals surface area contributed by atoms with Gasteiger partial charge in [0.05, 0.1) is 23.0 Å². The highest BCUT2D eigenvalue weighted by Crippen LogP contribution is 2.14. The number of hydrogen-bond acceptors (Lipinski definition) is 2. The molecule has 0 bridgehead atoms. The van der Waals surface area contributed by atoms with E-state index in [0.29, 0.717) is 5.88 Å². The summed E-state index contributed by atoms with van der Waals surface area (Å²) < 4.78 is 0. The molecule has 0 amide bonds. The fourth-order valence-electron chi connectivity index (χ4n) is 1.21. The molecule has 2 rings (SSSR count). The molecule has 0 spiro atoms. The van der Waals surface area contributed by atoms with E-state index in [-0.39, 0.29) is 0 Å². The lowest BCUT2D eigenvalue weighted by Crippen LogP contribution is -1.90. The Balaban J connectivity index is 2.42. The molecule has 0 aliphatic rings. The van der Waals surface area contributed by atoms with Gasteiger partial charge in [0.15, 0.2) is 0 Å². The molecule has 3 heteroatoms. The van der Waals surface area contributed by atoms with Crippen molar-refractivity contribution in [3.8, 4) is 11.4 Å². The topological polar surface area (TPSA) is 25.8 Å². The maximum Gasteiger partial charge on any atom is 0.0889 e. The molecule has 0 fully saturated rings. The first-order valence-corrected chi connectivity index (χ1v) is 4.87. The third-order valence-corrected chi connectivity index (χ3v) is 2.14. The van der Waals surface area contributed by atoms with Crippen molar-refractivity contribution in [2.24, 2.45) is 0 Å². The van der Waals surface area contributed by atoms with Gasteiger partial charge in [0.2, 0.25) is 0 Å². The van der Waals surface area contributed by atoms with Crippen molar-refractivity contribution in [2.45, 2.75) is 5.88 Å². The minimum absolute atomic E-state index is 0.431. The van der Waals surface area contributed by atoms with Crippen molar-refractivity contribution < 1.29 is 0 Å². The van der Waals surface area contributed by atoms with E-state index in [9.17, 15) is 0 Å². The molecule has 2 heterocycles. The van der Waals surface area contributed by atoms with Crippen molar-refractivity contribution >= 4 is 11.6 Å². The molecule has 0 aliphatic heterocycles. The number of aromatic nitrogens is 2. The maximum atomic E-state index is 5.70. The van der Waals surface area contributed by atoms with Gasteiger partial charge in [-0.25, -0.2) is 4.98 Å². The maximum absolute atomic E-state index is 5.70. The molecule has 0 atom stereocenters. The van der Waals surface area contributed by atoms with Gasteiger partial charge in [0.25, 0.3) is 0 Å². The van der Waals surface area contributed by atoms with E-state index in [1.54, 1.807) is 6.20 Å². The van der Waals surface area contributed by atoms with Gasteiger partial charge in [0, 0.05) is 6.20 Å². The van der Waals surface area contributed by atoms with Crippen LogP contribution >= 0.6 is 11.6 Å². The van der Waals surface area contributed by atoms with E-state index in [2.05, 4.69) is 9.97 Å². The SMILES string of the molecule is ClCc1cccc(-c2ccccn2)n1. The van der Waals surface area contributed by atoms with Crippen molar-refractivity contribution in [3.05, 3.63) is 48.3 Å². The number of alkyl halides is 1. The minimum Gasteiger partial charge on any atom is -0.255 e. The number of pyridine rings is 2. The van der Waals surface area contributed by atoms with Gasteiger partial charge < -0.3 is 0 Å². The van der Waals surface area contributed by atoms with Crippen LogP contribution in [0.25, 0.3) is 11.4 Å². The second-order valence-corrected chi connectivity index (χ2v) is 3.13. The third-order valence-electron chi connectivity index (χ3n) is 1.87. The summed E-state index contributed by atoms with van der Waals surface area (Å²) >= 11 is 5.70. The zero-order valence-corrected chi connectivity index (χ0v) is 8.28. The molecule has 0 N–H and O–H groups in total. The van der Waals surface area contributed by atoms with Crippen LogP contribution in [0.5, 0.6) is 0 Å². The first kappa shape index (κ1) is 9.16. The fourth-order valence-corrected chi connectivity index (χ4v) is 1.36. The average Bonchev–Trinajstić information content (AvgIpc) is 2.30. The van der Waals surface area contributed by atoms with E-state index >= 15 is 0 Å². The van der Waals surface area contributed by atoms with Gasteiger partial charge in [-0.3, -0.25) is 4.98 Å². The number of rotatable bonds is 2. The molecule has 0 aromatic carbocycles. The first-order chi connectivity index (χ1) is 6.90. The molecule has 70 valence electrons. The van der Waals surface area contributed by atoms with Crippen molar-refractivity contribution in [2.75, 3.05) is 0 Å². The van der Waals surface area contributed by atoms with Crippen LogP contribution in [0.1, 0.15) is 5.69 Å². The summed E-state index contributed by atoms with van der Waals surface area (Å²) in [5, 5.41) is 0. The van der Waals surface area contributed by atoms with Crippen LogP contribution in [-0.2, 0) is 5.88 Å². The van der Waals surface area contributed by atoms with Gasteiger partial charge in [-0.1, -0.05) is 12.1 Å². The number of nitrogens with zero attached hydrogens (tertiary/aromatic N) is 2. The predicted molar refractivity (Wildman–Crippen MR) is 57.0 cm³/mol. The number of hydrogen-bond donors (Lipinski definition) is 0. The van der Waals surface area contributed by atoms with Gasteiger partial charge >= 0.3 is 0 Å². The van der Waals surface area contributed by atoms with Crippen molar-refractivity contribution in [1.29, 1.82) is 0 Å². The highest BCUT2D eigenvalue weighted by molar-refractivity contribution is 6.16. The summed E-state index contributed by atoms with van der Waals surface area (Å²) in [6.45, 7) is 0. The van der Waals surface area contributed by atoms with Crippen LogP contribution in [0.15, 0.2) is 42.6 Å². The molecule has 14 heavy (non-hydrogen) atoms. The van der Waals surface area contributed by atoms with E-state index in [1.807, 2.05) is 36.4 Å². The summed E-state index contributed by atoms with van der Waals surface area (Å²) in [7, 11) is 0. The van der Waals surface area contributed by atoms with Crippen LogP contribution in [0, 0.1) is 0 Å². The van der Waals surface area contributed by atoms with Crippen molar-refractivity contribution in [1.82, 2.24) is 9.97 Å². The Morgan fingerprint density at radius 2 is 1.86 bits per heavy atom. The van der Waals surface area contributed by atoms with Crippen molar-refractivity contribution in [3.63, 3.8) is 0 Å². The van der Waals surface area contributed by atoms with E-state index in [1.165, 1.54) is 0 Å². The van der Waals surface area contributed by atoms with E-state index < -0.39 is 0 Å². The average molecular weight is 205 g/mol. The molecule has 2 aromatic rings. The lowest BCUT2D eigenvalue weighted by molar-refractivity contribution is 1.15. The molecule has 0 aliphatic carbocycles. The quantitative estimate of drug-likeness (QED) is 0.703. The van der Waals surface area contributed by atoms with Gasteiger partial charge in [0.1, 0.15) is 0 Å². The summed E-state index contributed by atoms with van der Waals surface area (Å²) in [6, 6.07) is 11.5. The summed E-state index contributed by atoms with van der Waals surface area (Å²) in [6.07, 6.45) is 1.75. The Hall–Kier alpha value is -1.41. The zero-order valence-electron chi connectivity index (χ0n) is 7.52. The van der Waals surface area contributed by atoms with E-state index in [4.69, 9.17) is 11.6 Å². The van der Waals surface area contributed by atoms with Gasteiger partial charge in [-0.2, -0.15) is 0 Å². The smallest absolute Gasteiger partial charge is 0.0889 e. The highest BCUT2D eigenvalue weighted by Gasteiger charge is 1.99. The molecule has 0 saturated heterocycles. The number of halogens is 1. The molecular weight excluding hydrogens is 196 g/mol. The first-order valence-electron chi connectivity index (χ1n) is 4.33. The molecule has 0 unspecified atom stereocenters. The van der Waals surface area contributed by atoms with Gasteiger partial charge in [-0.15, -0.1) is 11.6 Å². The van der Waals surface area contributed by atoms with E-state index in [0.717, 1.165) is 17.1 Å². The summed E-state index contributed by atoms with van der Waals surface area (Å²) in [5.74, 6) is 0.431. The van der Waals surface area contributed by atoms with Crippen LogP contribution in [-0.4, -0.2) is 9.97 Å². The van der Waals surface area contributed by atoms with Gasteiger partial charge in [-0.05, 0) is 24.3 Å². The molecular formula is C11H9ClN2. The monoisotopic (exact) mass is 204 g/mol. The predicted octanol–water partition coefficient (Wildman–Crippen LogP) is 2.88. The molecule has 2 aromatic heterocycles. The third kappa shape index (κ3) is 1.91. The minimum atomic E-state index is 0.431. The van der Waals surface area contributed by atoms with Crippen LogP contribution in [0.2, 0.25) is 0 Å². The Bertz CT molecular complexity index is 415. The Kier molecular flexibility index (Phi) is 2.75. The largest absolute Gasteiger partial charge is 0.255 e. The summed E-state index contributed by atoms with van der Waals surface area (Å²) in [5.41, 5.74) is 2.61. The Morgan fingerprint density at radius 3 is 2.57 bits per heavy atom. The second-order valence-electron chi connectivity index (χ2n) is 2.86. The Morgan fingerprint density at radius 1 is 1.00 bits per heavy atom. The molecule has 0 saturated carbocycles. The zero-order chi connectivity index (χ0) is 9.80. The molecule has 2 nitrogen and oxygen atoms in total. The van der Waals surface area contributed by atoms with Crippen LogP contribution in [0.3, 0.4) is 0 Å². The second kappa shape index (κ2) is 4.20. The fraction of sp³-hybridized carbons (Fsp3) is 0.0909. The lowest BCUT2D eigenvalue weighted by Gasteiger charge is -2.00. The Labute approximate surface area is 87.6 Å². The normalized spacial score (nSPS) is 10.1. The standard InChI is InChI=1S/C11H9ClN2/c12-8-9-4-3-6-11(14-9)10-5-1-2-7-13-10/h1-7H,8H2. The summed E-state index contributed by atoms with van der Waals surface area (Å²) in [4.78, 5) is 8.59. The van der Waals surface area contributed by atoms with Crippen LogP contribution in [0.4, 0.5) is 0 Å². The van der Waals surface area contributed by atoms with Crippen LogP contribution < -0.4 is 0 Å². The highest BCUT2D eigenvalue weighted by atomic mass is 35.5. The molecule has 0 radical (unpaired) electrons. The lowest BCUT2D eigenvalue weighted by atomic mass is 10.2.